The predicted octanol–water partition coefficient (Wildman–Crippen LogP) is 2.85. The van der Waals surface area contributed by atoms with Crippen LogP contribution in [0, 0.1) is 11.3 Å². The first-order valence-corrected chi connectivity index (χ1v) is 7.89. The molecule has 2 aliphatic rings. The number of ether oxygens (including phenoxy) is 2. The van der Waals surface area contributed by atoms with Gasteiger partial charge in [0.25, 0.3) is 0 Å². The van der Waals surface area contributed by atoms with Gasteiger partial charge in [-0.15, -0.1) is 0 Å². The van der Waals surface area contributed by atoms with E-state index in [0.717, 1.165) is 25.7 Å². The van der Waals surface area contributed by atoms with Crippen LogP contribution in [0.25, 0.3) is 0 Å². The molecule has 22 heavy (non-hydrogen) atoms. The summed E-state index contributed by atoms with van der Waals surface area (Å²) in [6, 6.07) is 8.35. The standard InChI is InChI=1S/C18H22O4/c1-21-16(19)18(17(20)22-2)11-5-8-15(18)14-10-9-12-6-3-4-7-13(12)14/h3-4,6-7,14-15H,5,8-11H2,1-2H3/t14-,15+/m1/s1. The molecule has 0 spiro atoms. The van der Waals surface area contributed by atoms with Crippen LogP contribution in [0.3, 0.4) is 0 Å². The molecule has 0 bridgehead atoms. The minimum Gasteiger partial charge on any atom is -0.468 e. The van der Waals surface area contributed by atoms with E-state index in [-0.39, 0.29) is 11.8 Å². The Kier molecular flexibility index (Phi) is 3.94. The zero-order valence-electron chi connectivity index (χ0n) is 13.1. The Balaban J connectivity index is 2.02. The first-order valence-electron chi connectivity index (χ1n) is 7.89. The predicted molar refractivity (Wildman–Crippen MR) is 81.3 cm³/mol. The molecule has 0 unspecified atom stereocenters. The highest BCUT2D eigenvalue weighted by atomic mass is 16.5. The van der Waals surface area contributed by atoms with Crippen LogP contribution < -0.4 is 0 Å². The third-order valence-corrected chi connectivity index (χ3v) is 5.48. The summed E-state index contributed by atoms with van der Waals surface area (Å²) in [5, 5.41) is 0. The largest absolute Gasteiger partial charge is 0.468 e. The summed E-state index contributed by atoms with van der Waals surface area (Å²) in [7, 11) is 2.70. The molecule has 2 aliphatic carbocycles. The number of fused-ring (bicyclic) bond motifs is 1. The minimum absolute atomic E-state index is 0.0314. The van der Waals surface area contributed by atoms with Crippen molar-refractivity contribution in [1.29, 1.82) is 0 Å². The number of benzene rings is 1. The zero-order valence-corrected chi connectivity index (χ0v) is 13.1. The van der Waals surface area contributed by atoms with Gasteiger partial charge < -0.3 is 9.47 Å². The molecule has 4 nitrogen and oxygen atoms in total. The van der Waals surface area contributed by atoms with Gasteiger partial charge in [0.2, 0.25) is 0 Å². The Morgan fingerprint density at radius 3 is 2.45 bits per heavy atom. The molecule has 0 radical (unpaired) electrons. The fraction of sp³-hybridized carbons (Fsp3) is 0.556. The van der Waals surface area contributed by atoms with Crippen molar-refractivity contribution < 1.29 is 19.1 Å². The van der Waals surface area contributed by atoms with Crippen molar-refractivity contribution in [2.45, 2.75) is 38.0 Å². The van der Waals surface area contributed by atoms with E-state index in [2.05, 4.69) is 12.1 Å². The summed E-state index contributed by atoms with van der Waals surface area (Å²) < 4.78 is 10.00. The van der Waals surface area contributed by atoms with E-state index in [1.54, 1.807) is 0 Å². The molecule has 1 aromatic rings. The molecule has 1 aromatic carbocycles. The second-order valence-corrected chi connectivity index (χ2v) is 6.30. The van der Waals surface area contributed by atoms with Crippen LogP contribution >= 0.6 is 0 Å². The van der Waals surface area contributed by atoms with E-state index in [4.69, 9.17) is 9.47 Å². The maximum atomic E-state index is 12.5. The van der Waals surface area contributed by atoms with Crippen LogP contribution in [0.15, 0.2) is 24.3 Å². The summed E-state index contributed by atoms with van der Waals surface area (Å²) in [4.78, 5) is 25.0. The van der Waals surface area contributed by atoms with Crippen LogP contribution in [0.2, 0.25) is 0 Å². The van der Waals surface area contributed by atoms with Gasteiger partial charge in [0.15, 0.2) is 5.41 Å². The Hall–Kier alpha value is -1.84. The number of hydrogen-bond donors (Lipinski definition) is 0. The third-order valence-electron chi connectivity index (χ3n) is 5.48. The van der Waals surface area contributed by atoms with E-state index in [1.165, 1.54) is 25.3 Å². The van der Waals surface area contributed by atoms with Crippen molar-refractivity contribution in [2.75, 3.05) is 14.2 Å². The van der Waals surface area contributed by atoms with Crippen molar-refractivity contribution in [1.82, 2.24) is 0 Å². The average molecular weight is 302 g/mol. The SMILES string of the molecule is COC(=O)C1(C(=O)OC)CCC[C@H]1[C@@H]1CCc2ccccc21. The lowest BCUT2D eigenvalue weighted by atomic mass is 9.69. The van der Waals surface area contributed by atoms with Crippen LogP contribution in [0.5, 0.6) is 0 Å². The second-order valence-electron chi connectivity index (χ2n) is 6.30. The molecule has 0 N–H and O–H groups in total. The summed E-state index contributed by atoms with van der Waals surface area (Å²) >= 11 is 0. The molecule has 4 heteroatoms. The van der Waals surface area contributed by atoms with Gasteiger partial charge in [-0.05, 0) is 48.6 Å². The lowest BCUT2D eigenvalue weighted by molar-refractivity contribution is -0.173. The molecule has 0 heterocycles. The highest BCUT2D eigenvalue weighted by Gasteiger charge is 2.59. The number of esters is 2. The van der Waals surface area contributed by atoms with Gasteiger partial charge in [0, 0.05) is 0 Å². The van der Waals surface area contributed by atoms with Crippen molar-refractivity contribution in [2.24, 2.45) is 11.3 Å². The van der Waals surface area contributed by atoms with E-state index in [1.807, 2.05) is 12.1 Å². The maximum Gasteiger partial charge on any atom is 0.323 e. The number of hydrogen-bond acceptors (Lipinski definition) is 4. The molecule has 1 fully saturated rings. The van der Waals surface area contributed by atoms with Crippen molar-refractivity contribution in [3.8, 4) is 0 Å². The molecule has 0 saturated heterocycles. The Morgan fingerprint density at radius 1 is 1.09 bits per heavy atom. The van der Waals surface area contributed by atoms with Gasteiger partial charge in [-0.3, -0.25) is 9.59 Å². The molecule has 0 aromatic heterocycles. The lowest BCUT2D eigenvalue weighted by Crippen LogP contribution is -2.45. The molecule has 2 atom stereocenters. The Labute approximate surface area is 130 Å². The molecule has 118 valence electrons. The summed E-state index contributed by atoms with van der Waals surface area (Å²) in [5.74, 6) is -0.676. The van der Waals surface area contributed by atoms with E-state index >= 15 is 0 Å². The number of carbonyl (C=O) groups is 2. The minimum atomic E-state index is -1.13. The maximum absolute atomic E-state index is 12.5. The number of rotatable bonds is 3. The van der Waals surface area contributed by atoms with Crippen LogP contribution in [0.4, 0.5) is 0 Å². The third kappa shape index (κ3) is 2.04. The summed E-state index contributed by atoms with van der Waals surface area (Å²) in [5.41, 5.74) is 1.49. The van der Waals surface area contributed by atoms with Gasteiger partial charge >= 0.3 is 11.9 Å². The lowest BCUT2D eigenvalue weighted by Gasteiger charge is -2.34. The van der Waals surface area contributed by atoms with Gasteiger partial charge in [-0.1, -0.05) is 30.7 Å². The highest BCUT2D eigenvalue weighted by Crippen LogP contribution is 2.55. The second kappa shape index (κ2) is 5.75. The first-order chi connectivity index (χ1) is 10.6. The average Bonchev–Trinajstić information content (AvgIpc) is 3.17. The molecule has 3 rings (SSSR count). The molecule has 0 amide bonds. The molecule has 1 saturated carbocycles. The molecular weight excluding hydrogens is 280 g/mol. The van der Waals surface area contributed by atoms with E-state index < -0.39 is 17.4 Å². The highest BCUT2D eigenvalue weighted by molar-refractivity contribution is 6.01. The summed E-state index contributed by atoms with van der Waals surface area (Å²) in [6.07, 6.45) is 4.24. The van der Waals surface area contributed by atoms with Crippen molar-refractivity contribution >= 4 is 11.9 Å². The zero-order chi connectivity index (χ0) is 15.7. The number of carbonyl (C=O) groups excluding carboxylic acids is 2. The topological polar surface area (TPSA) is 52.6 Å². The number of methoxy groups -OCH3 is 2. The van der Waals surface area contributed by atoms with E-state index in [0.29, 0.717) is 6.42 Å². The first kappa shape index (κ1) is 15.1. The Bertz CT molecular complexity index is 577. The van der Waals surface area contributed by atoms with E-state index in [9.17, 15) is 9.59 Å². The normalized spacial score (nSPS) is 25.5. The Morgan fingerprint density at radius 2 is 1.77 bits per heavy atom. The summed E-state index contributed by atoms with van der Waals surface area (Å²) in [6.45, 7) is 0. The van der Waals surface area contributed by atoms with Crippen LogP contribution in [0.1, 0.15) is 42.7 Å². The fourth-order valence-corrected chi connectivity index (χ4v) is 4.54. The van der Waals surface area contributed by atoms with Gasteiger partial charge in [-0.25, -0.2) is 0 Å². The quantitative estimate of drug-likeness (QED) is 0.636. The van der Waals surface area contributed by atoms with Crippen LogP contribution in [-0.2, 0) is 25.5 Å². The van der Waals surface area contributed by atoms with Crippen molar-refractivity contribution in [3.05, 3.63) is 35.4 Å². The molecule has 0 aliphatic heterocycles. The van der Waals surface area contributed by atoms with Crippen molar-refractivity contribution in [3.63, 3.8) is 0 Å². The smallest absolute Gasteiger partial charge is 0.323 e. The van der Waals surface area contributed by atoms with Gasteiger partial charge in [0.05, 0.1) is 14.2 Å². The monoisotopic (exact) mass is 302 g/mol. The molecular formula is C18H22O4. The van der Waals surface area contributed by atoms with Gasteiger partial charge in [-0.2, -0.15) is 0 Å². The van der Waals surface area contributed by atoms with Crippen LogP contribution in [-0.4, -0.2) is 26.2 Å². The fourth-order valence-electron chi connectivity index (χ4n) is 4.54. The number of aryl methyl sites for hydroxylation is 1. The van der Waals surface area contributed by atoms with Gasteiger partial charge in [0.1, 0.15) is 0 Å².